The first-order valence-corrected chi connectivity index (χ1v) is 7.75. The number of hydrogen-bond donors (Lipinski definition) is 2. The Labute approximate surface area is 142 Å². The molecule has 1 amide bonds. The fraction of sp³-hybridized carbons (Fsp3) is 0.267. The Bertz CT molecular complexity index is 754. The molecule has 1 aromatic rings. The van der Waals surface area contributed by atoms with E-state index in [1.807, 2.05) is 0 Å². The molecule has 1 aromatic carbocycles. The van der Waals surface area contributed by atoms with Gasteiger partial charge in [-0.3, -0.25) is 9.59 Å². The minimum Gasteiger partial charge on any atom is -0.496 e. The number of nitriles is 1. The molecule has 1 aliphatic heterocycles. The van der Waals surface area contributed by atoms with Crippen molar-refractivity contribution in [1.29, 1.82) is 5.26 Å². The first kappa shape index (κ1) is 17.5. The summed E-state index contributed by atoms with van der Waals surface area (Å²) in [5.41, 5.74) is 1.46. The highest BCUT2D eigenvalue weighted by atomic mass is 32.2. The first-order valence-electron chi connectivity index (χ1n) is 6.87. The van der Waals surface area contributed by atoms with E-state index in [0.29, 0.717) is 5.75 Å². The Morgan fingerprint density at radius 1 is 1.58 bits per heavy atom. The molecule has 1 saturated heterocycles. The fourth-order valence-electron chi connectivity index (χ4n) is 2.00. The van der Waals surface area contributed by atoms with Gasteiger partial charge < -0.3 is 15.2 Å². The van der Waals surface area contributed by atoms with Crippen LogP contribution in [0.4, 0.5) is 0 Å². The minimum absolute atomic E-state index is 0.210. The van der Waals surface area contributed by atoms with Gasteiger partial charge in [-0.05, 0) is 23.8 Å². The van der Waals surface area contributed by atoms with Gasteiger partial charge in [-0.1, -0.05) is 11.8 Å². The summed E-state index contributed by atoms with van der Waals surface area (Å²) in [4.78, 5) is 22.2. The molecule has 0 spiro atoms. The average molecular weight is 346 g/mol. The summed E-state index contributed by atoms with van der Waals surface area (Å²) in [7, 11) is 1.53. The van der Waals surface area contributed by atoms with Crippen molar-refractivity contribution in [1.82, 2.24) is 5.32 Å². The Hall–Kier alpha value is -2.86. The van der Waals surface area contributed by atoms with Crippen LogP contribution in [0.1, 0.15) is 17.5 Å². The predicted octanol–water partition coefficient (Wildman–Crippen LogP) is 1.16. The van der Waals surface area contributed by atoms with E-state index in [0.717, 1.165) is 22.9 Å². The summed E-state index contributed by atoms with van der Waals surface area (Å²) < 4.78 is 5.17. The van der Waals surface area contributed by atoms with Gasteiger partial charge >= 0.3 is 5.97 Å². The van der Waals surface area contributed by atoms with Crippen LogP contribution in [0.5, 0.6) is 5.75 Å². The molecular weight excluding hydrogens is 332 g/mol. The maximum Gasteiger partial charge on any atom is 0.305 e. The number of aliphatic carboxylic acids is 1. The van der Waals surface area contributed by atoms with Crippen molar-refractivity contribution in [3.05, 3.63) is 29.3 Å². The van der Waals surface area contributed by atoms with Crippen molar-refractivity contribution in [3.63, 3.8) is 0 Å². The van der Waals surface area contributed by atoms with Crippen molar-refractivity contribution in [2.45, 2.75) is 18.1 Å². The predicted molar refractivity (Wildman–Crippen MR) is 89.1 cm³/mol. The van der Waals surface area contributed by atoms with Crippen molar-refractivity contribution >= 4 is 35.0 Å². The number of hydrogen-bond acceptors (Lipinski definition) is 7. The highest BCUT2D eigenvalue weighted by Gasteiger charge is 2.32. The molecule has 0 aromatic heterocycles. The van der Waals surface area contributed by atoms with Crippen molar-refractivity contribution in [3.8, 4) is 11.8 Å². The Kier molecular flexibility index (Phi) is 5.92. The van der Waals surface area contributed by atoms with Crippen LogP contribution in [0.15, 0.2) is 28.4 Å². The number of benzene rings is 1. The second-order valence-electron chi connectivity index (χ2n) is 4.75. The lowest BCUT2D eigenvalue weighted by molar-refractivity contribution is -0.138. The minimum atomic E-state index is -1.05. The zero-order chi connectivity index (χ0) is 17.5. The van der Waals surface area contributed by atoms with Crippen LogP contribution in [0.2, 0.25) is 0 Å². The highest BCUT2D eigenvalue weighted by Crippen LogP contribution is 2.22. The maximum absolute atomic E-state index is 11.6. The van der Waals surface area contributed by atoms with Crippen LogP contribution in [-0.2, 0) is 16.0 Å². The number of amides is 1. The number of carbonyl (C=O) groups excluding carboxylic acids is 1. The van der Waals surface area contributed by atoms with Crippen molar-refractivity contribution in [2.75, 3.05) is 7.11 Å². The molecule has 0 bridgehead atoms. The molecule has 124 valence electrons. The van der Waals surface area contributed by atoms with E-state index in [1.54, 1.807) is 18.2 Å². The van der Waals surface area contributed by atoms with E-state index in [4.69, 9.17) is 15.1 Å². The first-order chi connectivity index (χ1) is 11.5. The third-order valence-electron chi connectivity index (χ3n) is 3.07. The molecule has 2 N–H and O–H groups in total. The van der Waals surface area contributed by atoms with Gasteiger partial charge in [0.05, 0.1) is 32.2 Å². The number of carboxylic acids is 1. The van der Waals surface area contributed by atoms with Crippen molar-refractivity contribution < 1.29 is 19.4 Å². The van der Waals surface area contributed by atoms with Crippen LogP contribution in [0.25, 0.3) is 0 Å². The highest BCUT2D eigenvalue weighted by molar-refractivity contribution is 8.15. The topological polar surface area (TPSA) is 124 Å². The molecule has 0 saturated carbocycles. The number of carboxylic acid groups (broad SMARTS) is 1. The van der Waals surface area contributed by atoms with Crippen LogP contribution in [-0.4, -0.2) is 40.7 Å². The molecule has 1 aliphatic rings. The lowest BCUT2D eigenvalue weighted by Gasteiger charge is -2.05. The summed E-state index contributed by atoms with van der Waals surface area (Å²) in [5.74, 6) is -0.817. The Morgan fingerprint density at radius 2 is 2.38 bits per heavy atom. The van der Waals surface area contributed by atoms with E-state index >= 15 is 0 Å². The molecular formula is C15H14N4O4S. The number of thioether (sulfide) groups is 1. The fourth-order valence-corrected chi connectivity index (χ4v) is 2.91. The SMILES string of the molecule is COc1ccc(C=NN=C2NC(=O)C(CC(=O)O)S2)cc1CC#N. The molecule has 1 fully saturated rings. The number of nitrogens with zero attached hydrogens (tertiary/aromatic N) is 3. The normalized spacial score (nSPS) is 18.6. The summed E-state index contributed by atoms with van der Waals surface area (Å²) in [6, 6.07) is 7.32. The zero-order valence-corrected chi connectivity index (χ0v) is 13.5. The Morgan fingerprint density at radius 3 is 3.04 bits per heavy atom. The zero-order valence-electron chi connectivity index (χ0n) is 12.7. The maximum atomic E-state index is 11.6. The van der Waals surface area contributed by atoms with E-state index in [-0.39, 0.29) is 18.0 Å². The Balaban J connectivity index is 2.06. The molecule has 1 atom stereocenters. The molecule has 24 heavy (non-hydrogen) atoms. The van der Waals surface area contributed by atoms with Gasteiger partial charge in [0.1, 0.15) is 11.0 Å². The van der Waals surface area contributed by atoms with E-state index < -0.39 is 17.1 Å². The van der Waals surface area contributed by atoms with Gasteiger partial charge in [0.25, 0.3) is 0 Å². The van der Waals surface area contributed by atoms with E-state index in [1.165, 1.54) is 13.3 Å². The van der Waals surface area contributed by atoms with E-state index in [9.17, 15) is 9.59 Å². The average Bonchev–Trinajstić information content (AvgIpc) is 2.87. The number of carbonyl (C=O) groups is 2. The van der Waals surface area contributed by atoms with Gasteiger partial charge in [0.2, 0.25) is 5.91 Å². The summed E-state index contributed by atoms with van der Waals surface area (Å²) >= 11 is 1.03. The second kappa shape index (κ2) is 8.12. The van der Waals surface area contributed by atoms with Crippen LogP contribution >= 0.6 is 11.8 Å². The van der Waals surface area contributed by atoms with Crippen LogP contribution < -0.4 is 10.1 Å². The largest absolute Gasteiger partial charge is 0.496 e. The molecule has 0 radical (unpaired) electrons. The summed E-state index contributed by atoms with van der Waals surface area (Å²) in [6.45, 7) is 0. The standard InChI is InChI=1S/C15H14N4O4S/c1-23-11-3-2-9(6-10(11)4-5-16)8-17-19-15-18-14(22)12(24-15)7-13(20)21/h2-3,6,8,12H,4,7H2,1H3,(H,20,21)(H,18,19,22). The van der Waals surface area contributed by atoms with Crippen molar-refractivity contribution in [2.24, 2.45) is 10.2 Å². The third-order valence-corrected chi connectivity index (χ3v) is 4.14. The number of amidine groups is 1. The summed E-state index contributed by atoms with van der Waals surface area (Å²) in [6.07, 6.45) is 1.42. The van der Waals surface area contributed by atoms with Gasteiger partial charge in [0.15, 0.2) is 5.17 Å². The van der Waals surface area contributed by atoms with Crippen LogP contribution in [0, 0.1) is 11.3 Å². The third kappa shape index (κ3) is 4.57. The lowest BCUT2D eigenvalue weighted by Crippen LogP contribution is -2.26. The smallest absolute Gasteiger partial charge is 0.305 e. The van der Waals surface area contributed by atoms with Crippen LogP contribution in [0.3, 0.4) is 0 Å². The molecule has 2 rings (SSSR count). The number of methoxy groups -OCH3 is 1. The van der Waals surface area contributed by atoms with Gasteiger partial charge in [-0.25, -0.2) is 0 Å². The molecule has 9 heteroatoms. The van der Waals surface area contributed by atoms with Gasteiger partial charge in [0, 0.05) is 5.56 Å². The monoisotopic (exact) mass is 346 g/mol. The molecule has 1 unspecified atom stereocenters. The second-order valence-corrected chi connectivity index (χ2v) is 5.94. The summed E-state index contributed by atoms with van der Waals surface area (Å²) in [5, 5.41) is 27.3. The molecule has 8 nitrogen and oxygen atoms in total. The number of ether oxygens (including phenoxy) is 1. The lowest BCUT2D eigenvalue weighted by atomic mass is 10.1. The number of rotatable bonds is 6. The quantitative estimate of drug-likeness (QED) is 0.588. The van der Waals surface area contributed by atoms with Gasteiger partial charge in [-0.15, -0.1) is 5.10 Å². The van der Waals surface area contributed by atoms with Gasteiger partial charge in [-0.2, -0.15) is 10.4 Å². The number of nitrogens with one attached hydrogen (secondary N) is 1. The molecule has 0 aliphatic carbocycles. The van der Waals surface area contributed by atoms with E-state index in [2.05, 4.69) is 21.6 Å². The molecule has 1 heterocycles.